The molecule has 1 rings (SSSR count). The van der Waals surface area contributed by atoms with E-state index in [-0.39, 0.29) is 18.0 Å². The number of urea groups is 1. The lowest BCUT2D eigenvalue weighted by molar-refractivity contribution is -0.137. The minimum absolute atomic E-state index is 0.100. The van der Waals surface area contributed by atoms with Gasteiger partial charge in [-0.05, 0) is 28.1 Å². The molecule has 5 nitrogen and oxygen atoms in total. The standard InChI is InChI=1S/C11H11BrCl2N2O3/c1-16(5-4-8(17)18)11(19)15-7-3-2-6(12)9(13)10(7)14/h2-3H,4-5H2,1H3,(H,15,19)(H,17,18). The number of carboxylic acid groups (broad SMARTS) is 1. The summed E-state index contributed by atoms with van der Waals surface area (Å²) in [6.07, 6.45) is -0.126. The van der Waals surface area contributed by atoms with Crippen molar-refractivity contribution in [2.24, 2.45) is 0 Å². The lowest BCUT2D eigenvalue weighted by Crippen LogP contribution is -2.33. The van der Waals surface area contributed by atoms with E-state index in [1.54, 1.807) is 12.1 Å². The van der Waals surface area contributed by atoms with Gasteiger partial charge in [0.05, 0.1) is 22.2 Å². The molecular weight excluding hydrogens is 359 g/mol. The van der Waals surface area contributed by atoms with Crippen molar-refractivity contribution in [3.05, 3.63) is 26.7 Å². The fourth-order valence-corrected chi connectivity index (χ4v) is 2.02. The van der Waals surface area contributed by atoms with Gasteiger partial charge in [-0.25, -0.2) is 4.79 Å². The van der Waals surface area contributed by atoms with Crippen LogP contribution in [0.3, 0.4) is 0 Å². The third-order valence-electron chi connectivity index (χ3n) is 2.28. The third-order valence-corrected chi connectivity index (χ3v) is 4.06. The molecule has 0 aliphatic heterocycles. The Bertz CT molecular complexity index is 511. The van der Waals surface area contributed by atoms with E-state index in [0.717, 1.165) is 0 Å². The van der Waals surface area contributed by atoms with E-state index < -0.39 is 12.0 Å². The number of benzene rings is 1. The lowest BCUT2D eigenvalue weighted by atomic mass is 10.3. The van der Waals surface area contributed by atoms with Crippen molar-refractivity contribution in [1.82, 2.24) is 4.90 Å². The molecular formula is C11H11BrCl2N2O3. The summed E-state index contributed by atoms with van der Waals surface area (Å²) in [6.45, 7) is 0.100. The zero-order valence-corrected chi connectivity index (χ0v) is 13.0. The van der Waals surface area contributed by atoms with Gasteiger partial charge in [-0.2, -0.15) is 0 Å². The number of anilines is 1. The van der Waals surface area contributed by atoms with E-state index in [9.17, 15) is 9.59 Å². The average molecular weight is 370 g/mol. The normalized spacial score (nSPS) is 10.1. The van der Waals surface area contributed by atoms with Gasteiger partial charge in [0.2, 0.25) is 0 Å². The highest BCUT2D eigenvalue weighted by molar-refractivity contribution is 9.10. The molecule has 0 aromatic heterocycles. The van der Waals surface area contributed by atoms with Crippen LogP contribution in [0.15, 0.2) is 16.6 Å². The summed E-state index contributed by atoms with van der Waals surface area (Å²) in [7, 11) is 1.49. The fraction of sp³-hybridized carbons (Fsp3) is 0.273. The van der Waals surface area contributed by atoms with Gasteiger partial charge in [0.1, 0.15) is 0 Å². The molecule has 0 atom stereocenters. The zero-order chi connectivity index (χ0) is 14.6. The highest BCUT2D eigenvalue weighted by Crippen LogP contribution is 2.35. The van der Waals surface area contributed by atoms with Crippen molar-refractivity contribution in [2.45, 2.75) is 6.42 Å². The molecule has 2 N–H and O–H groups in total. The Kier molecular flexibility index (Phi) is 5.90. The third kappa shape index (κ3) is 4.56. The van der Waals surface area contributed by atoms with Crippen LogP contribution in [0.2, 0.25) is 10.0 Å². The molecule has 104 valence electrons. The van der Waals surface area contributed by atoms with Gasteiger partial charge in [0, 0.05) is 18.1 Å². The number of halogens is 3. The van der Waals surface area contributed by atoms with Crippen LogP contribution < -0.4 is 5.32 Å². The van der Waals surface area contributed by atoms with Gasteiger partial charge >= 0.3 is 12.0 Å². The minimum atomic E-state index is -0.968. The van der Waals surface area contributed by atoms with Gasteiger partial charge in [0.15, 0.2) is 0 Å². The van der Waals surface area contributed by atoms with Crippen LogP contribution in [-0.2, 0) is 4.79 Å². The van der Waals surface area contributed by atoms with Crippen molar-refractivity contribution < 1.29 is 14.7 Å². The van der Waals surface area contributed by atoms with Gasteiger partial charge < -0.3 is 15.3 Å². The van der Waals surface area contributed by atoms with E-state index in [1.807, 2.05) is 0 Å². The zero-order valence-electron chi connectivity index (χ0n) is 9.91. The Morgan fingerprint density at radius 2 is 2.00 bits per heavy atom. The first-order valence-corrected chi connectivity index (χ1v) is 6.75. The van der Waals surface area contributed by atoms with Crippen LogP contribution in [0.1, 0.15) is 6.42 Å². The topological polar surface area (TPSA) is 69.6 Å². The molecule has 0 saturated heterocycles. The second-order valence-electron chi connectivity index (χ2n) is 3.72. The summed E-state index contributed by atoms with van der Waals surface area (Å²) in [5, 5.41) is 11.6. The van der Waals surface area contributed by atoms with Gasteiger partial charge in [-0.1, -0.05) is 23.2 Å². The first-order valence-electron chi connectivity index (χ1n) is 5.20. The summed E-state index contributed by atoms with van der Waals surface area (Å²) in [6, 6.07) is 2.80. The molecule has 0 spiro atoms. The molecule has 1 aromatic carbocycles. The molecule has 0 aliphatic rings. The van der Waals surface area contributed by atoms with Crippen molar-refractivity contribution in [2.75, 3.05) is 18.9 Å². The minimum Gasteiger partial charge on any atom is -0.481 e. The van der Waals surface area contributed by atoms with Gasteiger partial charge in [-0.3, -0.25) is 4.79 Å². The average Bonchev–Trinajstić information content (AvgIpc) is 2.36. The van der Waals surface area contributed by atoms with Crippen LogP contribution >= 0.6 is 39.1 Å². The number of carbonyl (C=O) groups is 2. The Labute approximate surface area is 128 Å². The molecule has 0 heterocycles. The number of nitrogens with one attached hydrogen (secondary N) is 1. The first-order chi connectivity index (χ1) is 8.82. The van der Waals surface area contributed by atoms with Crippen LogP contribution in [-0.4, -0.2) is 35.6 Å². The van der Waals surface area contributed by atoms with Gasteiger partial charge in [0.25, 0.3) is 0 Å². The predicted octanol–water partition coefficient (Wildman–Crippen LogP) is 3.69. The van der Waals surface area contributed by atoms with Crippen molar-refractivity contribution in [3.8, 4) is 0 Å². The number of rotatable bonds is 4. The smallest absolute Gasteiger partial charge is 0.321 e. The van der Waals surface area contributed by atoms with Crippen LogP contribution in [0, 0.1) is 0 Å². The number of hydrogen-bond donors (Lipinski definition) is 2. The number of carbonyl (C=O) groups excluding carboxylic acids is 1. The highest BCUT2D eigenvalue weighted by Gasteiger charge is 2.14. The molecule has 0 bridgehead atoms. The quantitative estimate of drug-likeness (QED) is 0.795. The van der Waals surface area contributed by atoms with Crippen molar-refractivity contribution in [1.29, 1.82) is 0 Å². The van der Waals surface area contributed by atoms with Crippen molar-refractivity contribution >= 4 is 56.8 Å². The van der Waals surface area contributed by atoms with Gasteiger partial charge in [-0.15, -0.1) is 0 Å². The molecule has 1 aromatic rings. The second kappa shape index (κ2) is 6.98. The summed E-state index contributed by atoms with van der Waals surface area (Å²) >= 11 is 15.1. The number of carboxylic acids is 1. The second-order valence-corrected chi connectivity index (χ2v) is 5.33. The Balaban J connectivity index is 2.72. The summed E-state index contributed by atoms with van der Waals surface area (Å²) in [5.41, 5.74) is 0.363. The Morgan fingerprint density at radius 3 is 2.58 bits per heavy atom. The number of hydrogen-bond acceptors (Lipinski definition) is 2. The summed E-state index contributed by atoms with van der Waals surface area (Å²) in [4.78, 5) is 23.5. The SMILES string of the molecule is CN(CCC(=O)O)C(=O)Nc1ccc(Br)c(Cl)c1Cl. The molecule has 19 heavy (non-hydrogen) atoms. The molecule has 8 heteroatoms. The molecule has 0 saturated carbocycles. The first kappa shape index (κ1) is 16.1. The van der Waals surface area contributed by atoms with Crippen LogP contribution in [0.25, 0.3) is 0 Å². The van der Waals surface area contributed by atoms with Crippen LogP contribution in [0.4, 0.5) is 10.5 Å². The fourth-order valence-electron chi connectivity index (χ4n) is 1.20. The predicted molar refractivity (Wildman–Crippen MR) is 78.1 cm³/mol. The Hall–Kier alpha value is -0.980. The van der Waals surface area contributed by atoms with Crippen molar-refractivity contribution in [3.63, 3.8) is 0 Å². The molecule has 0 fully saturated rings. The number of nitrogens with zero attached hydrogens (tertiary/aromatic N) is 1. The maximum Gasteiger partial charge on any atom is 0.321 e. The Morgan fingerprint density at radius 1 is 1.37 bits per heavy atom. The van der Waals surface area contributed by atoms with E-state index in [2.05, 4.69) is 21.2 Å². The lowest BCUT2D eigenvalue weighted by Gasteiger charge is -2.17. The van der Waals surface area contributed by atoms with E-state index in [1.165, 1.54) is 11.9 Å². The van der Waals surface area contributed by atoms with E-state index in [0.29, 0.717) is 15.2 Å². The summed E-state index contributed by atoms with van der Waals surface area (Å²) in [5.74, 6) is -0.968. The van der Waals surface area contributed by atoms with E-state index in [4.69, 9.17) is 28.3 Å². The monoisotopic (exact) mass is 368 g/mol. The maximum atomic E-state index is 11.8. The van der Waals surface area contributed by atoms with Crippen LogP contribution in [0.5, 0.6) is 0 Å². The molecule has 0 aliphatic carbocycles. The number of aliphatic carboxylic acids is 1. The molecule has 0 radical (unpaired) electrons. The largest absolute Gasteiger partial charge is 0.481 e. The highest BCUT2D eigenvalue weighted by atomic mass is 79.9. The molecule has 0 unspecified atom stereocenters. The van der Waals surface area contributed by atoms with E-state index >= 15 is 0 Å². The molecule has 2 amide bonds. The summed E-state index contributed by atoms with van der Waals surface area (Å²) < 4.78 is 0.622. The number of amides is 2. The maximum absolute atomic E-state index is 11.8.